The van der Waals surface area contributed by atoms with Gasteiger partial charge in [0.15, 0.2) is 0 Å². The van der Waals surface area contributed by atoms with Gasteiger partial charge in [0.2, 0.25) is 0 Å². The van der Waals surface area contributed by atoms with Crippen LogP contribution >= 0.6 is 69.3 Å². The Hall–Kier alpha value is 0.370. The highest BCUT2D eigenvalue weighted by Gasteiger charge is 2.33. The van der Waals surface area contributed by atoms with E-state index in [4.69, 9.17) is 26.1 Å². The fourth-order valence-electron chi connectivity index (χ4n) is 2.92. The highest BCUT2D eigenvalue weighted by molar-refractivity contribution is 14.1. The van der Waals surface area contributed by atoms with Gasteiger partial charge in [0.05, 0.1) is 7.14 Å². The molecule has 1 aliphatic rings. The molecular weight excluding hydrogens is 656 g/mol. The summed E-state index contributed by atoms with van der Waals surface area (Å²) < 4.78 is 17.0. The van der Waals surface area contributed by atoms with E-state index in [0.29, 0.717) is 25.0 Å². The number of carboxylic acid groups (broad SMARTS) is 1. The van der Waals surface area contributed by atoms with E-state index in [-0.39, 0.29) is 23.0 Å². The van der Waals surface area contributed by atoms with Crippen molar-refractivity contribution < 1.29 is 43.9 Å². The van der Waals surface area contributed by atoms with E-state index in [1.165, 1.54) is 0 Å². The molecule has 0 aliphatic heterocycles. The number of ether oxygens (including phenoxy) is 1. The predicted molar refractivity (Wildman–Crippen MR) is 122 cm³/mol. The van der Waals surface area contributed by atoms with Crippen LogP contribution in [0.3, 0.4) is 0 Å². The molecule has 0 aromatic heterocycles. The minimum atomic E-state index is -1.05. The number of aliphatic carboxylic acids is 1. The van der Waals surface area contributed by atoms with Gasteiger partial charge in [-0.1, -0.05) is 10.1 Å². The minimum Gasteiger partial charge on any atom is -0.488 e. The van der Waals surface area contributed by atoms with Crippen molar-refractivity contribution >= 4 is 75.2 Å². The number of rotatable bonds is 11. The molecule has 10 nitrogen and oxygen atoms in total. The molecule has 1 saturated carbocycles. The van der Waals surface area contributed by atoms with Crippen LogP contribution in [0, 0.1) is 7.14 Å². The Morgan fingerprint density at radius 1 is 1.10 bits per heavy atom. The molecular formula is C15H19I2NO9S2. The molecule has 3 unspecified atom stereocenters. The maximum atomic E-state index is 11.0. The molecule has 5 N–H and O–H groups in total. The zero-order valence-electron chi connectivity index (χ0n) is 14.7. The van der Waals surface area contributed by atoms with Gasteiger partial charge in [-0.15, -0.1) is 8.67 Å². The molecule has 1 aromatic rings. The topological polar surface area (TPSA) is 150 Å². The van der Waals surface area contributed by atoms with Gasteiger partial charge in [-0.2, -0.15) is 0 Å². The fourth-order valence-corrected chi connectivity index (χ4v) is 6.69. The third kappa shape index (κ3) is 8.43. The molecule has 2 rings (SSSR count). The summed E-state index contributed by atoms with van der Waals surface area (Å²) in [5, 5.41) is 33.0. The Bertz CT molecular complexity index is 648. The van der Waals surface area contributed by atoms with Crippen LogP contribution in [-0.4, -0.2) is 44.2 Å². The summed E-state index contributed by atoms with van der Waals surface area (Å²) in [5.41, 5.74) is 6.44. The van der Waals surface area contributed by atoms with Crippen LogP contribution in [-0.2, 0) is 30.0 Å². The van der Waals surface area contributed by atoms with E-state index in [0.717, 1.165) is 36.8 Å². The molecule has 1 aromatic carbocycles. The monoisotopic (exact) mass is 675 g/mol. The molecule has 164 valence electrons. The molecule has 0 heterocycles. The first-order chi connectivity index (χ1) is 13.8. The number of hydrogen-bond acceptors (Lipinski definition) is 11. The van der Waals surface area contributed by atoms with Crippen molar-refractivity contribution in [1.82, 2.24) is 0 Å². The van der Waals surface area contributed by atoms with Gasteiger partial charge >= 0.3 is 5.97 Å². The summed E-state index contributed by atoms with van der Waals surface area (Å²) >= 11 is 6.23. The van der Waals surface area contributed by atoms with Crippen LogP contribution in [0.4, 0.5) is 0 Å². The normalized spacial score (nSPS) is 23.0. The van der Waals surface area contributed by atoms with E-state index in [9.17, 15) is 4.79 Å². The first-order valence-electron chi connectivity index (χ1n) is 8.24. The summed E-state index contributed by atoms with van der Waals surface area (Å²) in [6.07, 6.45) is 1.94. The number of halogens is 2. The van der Waals surface area contributed by atoms with Crippen LogP contribution in [0.5, 0.6) is 5.75 Å². The number of carboxylic acids is 1. The Labute approximate surface area is 202 Å². The van der Waals surface area contributed by atoms with Crippen LogP contribution < -0.4 is 10.5 Å². The zero-order valence-corrected chi connectivity index (χ0v) is 20.7. The summed E-state index contributed by atoms with van der Waals surface area (Å²) in [4.78, 5) is 11.0. The number of benzene rings is 1. The Morgan fingerprint density at radius 2 is 1.62 bits per heavy atom. The van der Waals surface area contributed by atoms with Crippen LogP contribution in [0.2, 0.25) is 0 Å². The Morgan fingerprint density at radius 3 is 2.07 bits per heavy atom. The van der Waals surface area contributed by atoms with Crippen molar-refractivity contribution in [2.45, 2.75) is 48.3 Å². The van der Waals surface area contributed by atoms with Crippen LogP contribution in [0.25, 0.3) is 0 Å². The van der Waals surface area contributed by atoms with E-state index in [2.05, 4.69) is 63.9 Å². The van der Waals surface area contributed by atoms with Crippen molar-refractivity contribution in [3.8, 4) is 5.75 Å². The second kappa shape index (κ2) is 13.0. The highest BCUT2D eigenvalue weighted by atomic mass is 127. The number of carbonyl (C=O) groups is 1. The average molecular weight is 675 g/mol. The van der Waals surface area contributed by atoms with Crippen molar-refractivity contribution in [1.29, 1.82) is 0 Å². The zero-order chi connectivity index (χ0) is 21.4. The maximum absolute atomic E-state index is 11.0. The van der Waals surface area contributed by atoms with E-state index < -0.39 is 12.0 Å². The lowest BCUT2D eigenvalue weighted by atomic mass is 9.96. The lowest BCUT2D eigenvalue weighted by Gasteiger charge is -2.33. The first kappa shape index (κ1) is 25.6. The van der Waals surface area contributed by atoms with Gasteiger partial charge in [-0.05, 0) is 88.6 Å². The van der Waals surface area contributed by atoms with E-state index >= 15 is 0 Å². The smallest absolute Gasteiger partial charge is 0.320 e. The first-order valence-corrected chi connectivity index (χ1v) is 12.0. The molecule has 1 fully saturated rings. The second-order valence-electron chi connectivity index (χ2n) is 6.21. The number of hydrogen-bond donors (Lipinski definition) is 4. The summed E-state index contributed by atoms with van der Waals surface area (Å²) in [5.74, 6) is -0.357. The summed E-state index contributed by atoms with van der Waals surface area (Å²) in [7, 11) is 0. The molecule has 29 heavy (non-hydrogen) atoms. The van der Waals surface area contributed by atoms with Crippen molar-refractivity contribution in [3.05, 3.63) is 24.8 Å². The quantitative estimate of drug-likeness (QED) is 0.117. The molecule has 0 bridgehead atoms. The lowest BCUT2D eigenvalue weighted by Crippen LogP contribution is -2.34. The number of nitrogens with two attached hydrogens (primary N) is 1. The molecule has 0 spiro atoms. The summed E-state index contributed by atoms with van der Waals surface area (Å²) in [6, 6.07) is 2.74. The van der Waals surface area contributed by atoms with Gasteiger partial charge in [-0.3, -0.25) is 4.79 Å². The molecule has 0 amide bonds. The largest absolute Gasteiger partial charge is 0.488 e. The third-order valence-electron chi connectivity index (χ3n) is 4.10. The molecule has 0 radical (unpaired) electrons. The van der Waals surface area contributed by atoms with Crippen LogP contribution in [0.1, 0.15) is 24.8 Å². The predicted octanol–water partition coefficient (Wildman–Crippen LogP) is 3.66. The fraction of sp³-hybridized carbons (Fsp3) is 0.533. The molecule has 1 aliphatic carbocycles. The second-order valence-corrected chi connectivity index (χ2v) is 10.5. The lowest BCUT2D eigenvalue weighted by molar-refractivity contribution is -0.432. The Kier molecular flexibility index (Phi) is 11.5. The standard InChI is InChI=1S/C15H19I2NO9S2/c16-11-1-7(3-13(18)15(19)20)2-12(17)14(11)23-8-4-9(28-26-24-21)6-10(5-8)29-27-25-22/h1-2,8-10,13,21-22H,3-6,18H2,(H,19,20). The molecule has 14 heteroatoms. The van der Waals surface area contributed by atoms with Crippen molar-refractivity contribution in [2.75, 3.05) is 0 Å². The van der Waals surface area contributed by atoms with E-state index in [1.807, 2.05) is 12.1 Å². The van der Waals surface area contributed by atoms with Crippen molar-refractivity contribution in [3.63, 3.8) is 0 Å². The molecule has 3 atom stereocenters. The van der Waals surface area contributed by atoms with Gasteiger partial charge in [0, 0.05) is 34.6 Å². The minimum absolute atomic E-state index is 0.0520. The maximum Gasteiger partial charge on any atom is 0.320 e. The van der Waals surface area contributed by atoms with Crippen LogP contribution in [0.15, 0.2) is 12.1 Å². The third-order valence-corrected chi connectivity index (χ3v) is 7.30. The SMILES string of the molecule is NC(Cc1cc(I)c(OC2CC(SOOO)CC(SOOO)C2)c(I)c1)C(=O)O. The molecule has 0 saturated heterocycles. The highest BCUT2D eigenvalue weighted by Crippen LogP contribution is 2.39. The Balaban J connectivity index is 2.10. The summed E-state index contributed by atoms with van der Waals surface area (Å²) in [6.45, 7) is 0. The van der Waals surface area contributed by atoms with Crippen molar-refractivity contribution in [2.24, 2.45) is 5.73 Å². The van der Waals surface area contributed by atoms with Gasteiger partial charge in [0.25, 0.3) is 0 Å². The van der Waals surface area contributed by atoms with Gasteiger partial charge < -0.3 is 15.6 Å². The van der Waals surface area contributed by atoms with E-state index in [1.54, 1.807) is 0 Å². The average Bonchev–Trinajstić information content (AvgIpc) is 2.67. The van der Waals surface area contributed by atoms with Gasteiger partial charge in [0.1, 0.15) is 17.9 Å². The van der Waals surface area contributed by atoms with Gasteiger partial charge in [-0.25, -0.2) is 10.5 Å².